The van der Waals surface area contributed by atoms with Crippen LogP contribution < -0.4 is 19.1 Å². The normalized spacial score (nSPS) is 11.1. The summed E-state index contributed by atoms with van der Waals surface area (Å²) in [6.07, 6.45) is 1.16. The van der Waals surface area contributed by atoms with Gasteiger partial charge in [0.15, 0.2) is 0 Å². The minimum atomic E-state index is -3.40. The smallest absolute Gasteiger partial charge is 0.229 e. The van der Waals surface area contributed by atoms with Crippen LogP contribution in [0.2, 0.25) is 0 Å². The van der Waals surface area contributed by atoms with E-state index in [1.807, 2.05) is 73.7 Å². The van der Waals surface area contributed by atoms with Crippen molar-refractivity contribution in [3.8, 4) is 17.2 Å². The standard InChI is InChI=1S/C30H32N2O5S/c1-23-29(31-38(2,34)35)9-6-10-30(23)32(21-24-7-4-3-5-8-24)22-25-11-13-27(14-12-25)37-28-17-15-26(16-18-28)36-20-19-33/h3-18,31,33H,19-22H2,1-2H3. The highest BCUT2D eigenvalue weighted by atomic mass is 32.2. The fourth-order valence-corrected chi connectivity index (χ4v) is 4.71. The molecule has 4 aromatic rings. The second-order valence-electron chi connectivity index (χ2n) is 8.96. The molecular formula is C30H32N2O5S. The lowest BCUT2D eigenvalue weighted by Crippen LogP contribution is -2.23. The van der Waals surface area contributed by atoms with E-state index >= 15 is 0 Å². The number of aliphatic hydroxyl groups is 1. The van der Waals surface area contributed by atoms with Crippen LogP contribution in [0.4, 0.5) is 11.4 Å². The highest BCUT2D eigenvalue weighted by Gasteiger charge is 2.15. The number of hydrogen-bond donors (Lipinski definition) is 2. The Labute approximate surface area is 224 Å². The number of hydrogen-bond acceptors (Lipinski definition) is 6. The first-order valence-corrected chi connectivity index (χ1v) is 14.2. The number of benzene rings is 4. The first kappa shape index (κ1) is 27.0. The van der Waals surface area contributed by atoms with Gasteiger partial charge in [-0.1, -0.05) is 48.5 Å². The van der Waals surface area contributed by atoms with Gasteiger partial charge in [-0.15, -0.1) is 0 Å². The minimum Gasteiger partial charge on any atom is -0.491 e. The summed E-state index contributed by atoms with van der Waals surface area (Å²) in [7, 11) is -3.40. The van der Waals surface area contributed by atoms with Gasteiger partial charge in [0.2, 0.25) is 10.0 Å². The molecule has 0 aromatic heterocycles. The molecular weight excluding hydrogens is 500 g/mol. The summed E-state index contributed by atoms with van der Waals surface area (Å²) in [6.45, 7) is 3.43. The minimum absolute atomic E-state index is 0.0318. The molecule has 4 rings (SSSR count). The van der Waals surface area contributed by atoms with Crippen molar-refractivity contribution in [3.05, 3.63) is 114 Å². The van der Waals surface area contributed by atoms with Crippen molar-refractivity contribution in [1.82, 2.24) is 0 Å². The lowest BCUT2D eigenvalue weighted by Gasteiger charge is -2.28. The average molecular weight is 533 g/mol. The maximum Gasteiger partial charge on any atom is 0.229 e. The molecule has 0 bridgehead atoms. The van der Waals surface area contributed by atoms with Crippen molar-refractivity contribution in [1.29, 1.82) is 0 Å². The number of ether oxygens (including phenoxy) is 2. The molecule has 0 radical (unpaired) electrons. The van der Waals surface area contributed by atoms with Gasteiger partial charge in [-0.25, -0.2) is 8.42 Å². The van der Waals surface area contributed by atoms with Crippen molar-refractivity contribution in [3.63, 3.8) is 0 Å². The molecule has 0 aliphatic heterocycles. The molecule has 0 saturated heterocycles. The van der Waals surface area contributed by atoms with Crippen LogP contribution in [0.3, 0.4) is 0 Å². The Bertz CT molecular complexity index is 1420. The van der Waals surface area contributed by atoms with E-state index in [2.05, 4.69) is 21.8 Å². The predicted molar refractivity (Wildman–Crippen MR) is 152 cm³/mol. The van der Waals surface area contributed by atoms with Crippen LogP contribution in [0.15, 0.2) is 97.1 Å². The monoisotopic (exact) mass is 532 g/mol. The first-order valence-electron chi connectivity index (χ1n) is 12.3. The zero-order chi connectivity index (χ0) is 27.0. The van der Waals surface area contributed by atoms with Gasteiger partial charge in [-0.3, -0.25) is 4.72 Å². The van der Waals surface area contributed by atoms with Crippen LogP contribution in [0.25, 0.3) is 0 Å². The van der Waals surface area contributed by atoms with Gasteiger partial charge < -0.3 is 19.5 Å². The predicted octanol–water partition coefficient (Wildman–Crippen LogP) is 5.74. The zero-order valence-electron chi connectivity index (χ0n) is 21.5. The van der Waals surface area contributed by atoms with Crippen molar-refractivity contribution in [2.45, 2.75) is 20.0 Å². The zero-order valence-corrected chi connectivity index (χ0v) is 22.3. The number of sulfonamides is 1. The largest absolute Gasteiger partial charge is 0.491 e. The van der Waals surface area contributed by atoms with Gasteiger partial charge in [0.25, 0.3) is 0 Å². The number of rotatable bonds is 12. The van der Waals surface area contributed by atoms with E-state index < -0.39 is 10.0 Å². The van der Waals surface area contributed by atoms with Gasteiger partial charge in [0, 0.05) is 18.8 Å². The fraction of sp³-hybridized carbons (Fsp3) is 0.200. The molecule has 0 heterocycles. The summed E-state index contributed by atoms with van der Waals surface area (Å²) < 4.78 is 37.8. The fourth-order valence-electron chi connectivity index (χ4n) is 4.09. The Morgan fingerprint density at radius 3 is 1.95 bits per heavy atom. The number of aliphatic hydroxyl groups excluding tert-OH is 1. The highest BCUT2D eigenvalue weighted by Crippen LogP contribution is 2.31. The van der Waals surface area contributed by atoms with Gasteiger partial charge in [0.05, 0.1) is 18.6 Å². The van der Waals surface area contributed by atoms with Gasteiger partial charge in [-0.05, 0) is 72.1 Å². The van der Waals surface area contributed by atoms with Crippen LogP contribution in [0, 0.1) is 6.92 Å². The van der Waals surface area contributed by atoms with Crippen molar-refractivity contribution >= 4 is 21.4 Å². The molecule has 0 aliphatic rings. The molecule has 7 nitrogen and oxygen atoms in total. The summed E-state index contributed by atoms with van der Waals surface area (Å²) >= 11 is 0. The number of nitrogens with zero attached hydrogens (tertiary/aromatic N) is 1. The quantitative estimate of drug-likeness (QED) is 0.242. The molecule has 0 fully saturated rings. The SMILES string of the molecule is Cc1c(NS(C)(=O)=O)cccc1N(Cc1ccccc1)Cc1ccc(Oc2ccc(OCCO)cc2)cc1. The molecule has 2 N–H and O–H groups in total. The van der Waals surface area contributed by atoms with Gasteiger partial charge in [-0.2, -0.15) is 0 Å². The molecule has 4 aromatic carbocycles. The van der Waals surface area contributed by atoms with Crippen molar-refractivity contribution < 1.29 is 23.0 Å². The Morgan fingerprint density at radius 2 is 1.34 bits per heavy atom. The molecule has 8 heteroatoms. The topological polar surface area (TPSA) is 88.1 Å². The Hall–Kier alpha value is -4.01. The van der Waals surface area contributed by atoms with E-state index in [9.17, 15) is 8.42 Å². The third-order valence-corrected chi connectivity index (χ3v) is 6.46. The molecule has 38 heavy (non-hydrogen) atoms. The summed E-state index contributed by atoms with van der Waals surface area (Å²) in [5.41, 5.74) is 4.62. The molecule has 0 aliphatic carbocycles. The number of nitrogens with one attached hydrogen (secondary N) is 1. The maximum atomic E-state index is 11.9. The van der Waals surface area contributed by atoms with E-state index in [4.69, 9.17) is 14.6 Å². The molecule has 0 saturated carbocycles. The average Bonchev–Trinajstić information content (AvgIpc) is 2.90. The third kappa shape index (κ3) is 7.74. The maximum absolute atomic E-state index is 11.9. The summed E-state index contributed by atoms with van der Waals surface area (Å²) in [5.74, 6) is 2.07. The van der Waals surface area contributed by atoms with Crippen LogP contribution in [0.5, 0.6) is 17.2 Å². The molecule has 0 atom stereocenters. The van der Waals surface area contributed by atoms with E-state index in [0.29, 0.717) is 36.0 Å². The third-order valence-electron chi connectivity index (χ3n) is 5.87. The Kier molecular flexibility index (Phi) is 8.89. The van der Waals surface area contributed by atoms with E-state index in [1.165, 1.54) is 0 Å². The van der Waals surface area contributed by atoms with Crippen LogP contribution in [-0.2, 0) is 23.1 Å². The van der Waals surface area contributed by atoms with Gasteiger partial charge >= 0.3 is 0 Å². The van der Waals surface area contributed by atoms with E-state index in [1.54, 1.807) is 18.2 Å². The Balaban J connectivity index is 1.53. The first-order chi connectivity index (χ1) is 18.3. The van der Waals surface area contributed by atoms with Gasteiger partial charge in [0.1, 0.15) is 23.9 Å². The molecule has 0 unspecified atom stereocenters. The molecule has 198 valence electrons. The molecule has 0 amide bonds. The molecule has 0 spiro atoms. The Morgan fingerprint density at radius 1 is 0.763 bits per heavy atom. The summed E-state index contributed by atoms with van der Waals surface area (Å²) in [4.78, 5) is 2.24. The number of anilines is 2. The van der Waals surface area contributed by atoms with Crippen LogP contribution in [0.1, 0.15) is 16.7 Å². The van der Waals surface area contributed by atoms with Crippen molar-refractivity contribution in [2.75, 3.05) is 29.1 Å². The van der Waals surface area contributed by atoms with Crippen LogP contribution in [-0.4, -0.2) is 33.0 Å². The second-order valence-corrected chi connectivity index (χ2v) is 10.7. The van der Waals surface area contributed by atoms with Crippen molar-refractivity contribution in [2.24, 2.45) is 0 Å². The lowest BCUT2D eigenvalue weighted by molar-refractivity contribution is 0.201. The van der Waals surface area contributed by atoms with E-state index in [-0.39, 0.29) is 13.2 Å². The summed E-state index contributed by atoms with van der Waals surface area (Å²) in [6, 6.07) is 31.0. The van der Waals surface area contributed by atoms with Crippen LogP contribution >= 0.6 is 0 Å². The van der Waals surface area contributed by atoms with E-state index in [0.717, 1.165) is 28.6 Å². The highest BCUT2D eigenvalue weighted by molar-refractivity contribution is 7.92. The summed E-state index contributed by atoms with van der Waals surface area (Å²) in [5, 5.41) is 8.88. The lowest BCUT2D eigenvalue weighted by atomic mass is 10.1. The second kappa shape index (κ2) is 12.5.